The second kappa shape index (κ2) is 6.57. The van der Waals surface area contributed by atoms with Crippen LogP contribution in [0.1, 0.15) is 5.82 Å². The fraction of sp³-hybridized carbons (Fsp3) is 0.150. The zero-order valence-electron chi connectivity index (χ0n) is 13.5. The number of hydrogen-bond acceptors (Lipinski definition) is 3. The lowest BCUT2D eigenvalue weighted by Gasteiger charge is -2.02. The number of ether oxygens (including phenoxy) is 1. The molecule has 0 saturated carbocycles. The van der Waals surface area contributed by atoms with E-state index in [2.05, 4.69) is 53.5 Å². The van der Waals surface area contributed by atoms with Gasteiger partial charge in [-0.3, -0.25) is 0 Å². The van der Waals surface area contributed by atoms with Crippen molar-refractivity contribution in [2.45, 2.75) is 11.3 Å². The van der Waals surface area contributed by atoms with Crippen molar-refractivity contribution in [2.75, 3.05) is 12.9 Å². The monoisotopic (exact) mass is 334 g/mol. The Bertz CT molecular complexity index is 923. The number of imidazole rings is 1. The van der Waals surface area contributed by atoms with Gasteiger partial charge < -0.3 is 9.72 Å². The summed E-state index contributed by atoms with van der Waals surface area (Å²) < 4.78 is 5.18. The van der Waals surface area contributed by atoms with Gasteiger partial charge in [0, 0.05) is 17.1 Å². The number of fused-ring (bicyclic) bond motifs is 2. The molecule has 3 aromatic carbocycles. The van der Waals surface area contributed by atoms with Crippen molar-refractivity contribution >= 4 is 33.6 Å². The van der Waals surface area contributed by atoms with Gasteiger partial charge in [0.2, 0.25) is 0 Å². The van der Waals surface area contributed by atoms with Gasteiger partial charge in [-0.05, 0) is 47.2 Å². The molecule has 0 radical (unpaired) electrons. The average molecular weight is 334 g/mol. The van der Waals surface area contributed by atoms with Crippen LogP contribution in [0.4, 0.5) is 0 Å². The number of hydrogen-bond donors (Lipinski definition) is 1. The van der Waals surface area contributed by atoms with Crippen LogP contribution in [0, 0.1) is 0 Å². The van der Waals surface area contributed by atoms with Crippen LogP contribution in [0.5, 0.6) is 5.75 Å². The number of thioether (sulfide) groups is 1. The Morgan fingerprint density at radius 3 is 2.50 bits per heavy atom. The fourth-order valence-corrected chi connectivity index (χ4v) is 3.67. The molecule has 4 rings (SSSR count). The predicted octanol–water partition coefficient (Wildman–Crippen LogP) is 5.06. The number of H-pyrrole nitrogens is 1. The van der Waals surface area contributed by atoms with Crippen LogP contribution in [0.3, 0.4) is 0 Å². The summed E-state index contributed by atoms with van der Waals surface area (Å²) in [7, 11) is 1.69. The van der Waals surface area contributed by atoms with Gasteiger partial charge in [0.1, 0.15) is 11.6 Å². The van der Waals surface area contributed by atoms with E-state index in [4.69, 9.17) is 9.72 Å². The van der Waals surface area contributed by atoms with E-state index >= 15 is 0 Å². The summed E-state index contributed by atoms with van der Waals surface area (Å²) in [6, 6.07) is 20.9. The molecule has 0 atom stereocenters. The maximum absolute atomic E-state index is 5.18. The average Bonchev–Trinajstić information content (AvgIpc) is 3.01. The number of benzene rings is 3. The molecule has 0 fully saturated rings. The summed E-state index contributed by atoms with van der Waals surface area (Å²) in [6.45, 7) is 0. The van der Waals surface area contributed by atoms with Gasteiger partial charge >= 0.3 is 0 Å². The van der Waals surface area contributed by atoms with Crippen molar-refractivity contribution in [1.82, 2.24) is 9.97 Å². The van der Waals surface area contributed by atoms with Crippen LogP contribution >= 0.6 is 11.8 Å². The first kappa shape index (κ1) is 15.1. The van der Waals surface area contributed by atoms with E-state index in [9.17, 15) is 0 Å². The highest BCUT2D eigenvalue weighted by atomic mass is 32.2. The largest absolute Gasteiger partial charge is 0.497 e. The van der Waals surface area contributed by atoms with Gasteiger partial charge in [-0.25, -0.2) is 4.98 Å². The van der Waals surface area contributed by atoms with E-state index in [1.165, 1.54) is 15.7 Å². The molecule has 4 heteroatoms. The minimum Gasteiger partial charge on any atom is -0.497 e. The molecule has 0 unspecified atom stereocenters. The minimum absolute atomic E-state index is 0.892. The van der Waals surface area contributed by atoms with Crippen molar-refractivity contribution in [1.29, 1.82) is 0 Å². The third kappa shape index (κ3) is 3.10. The van der Waals surface area contributed by atoms with E-state index in [0.29, 0.717) is 0 Å². The summed E-state index contributed by atoms with van der Waals surface area (Å²) in [5.74, 6) is 2.93. The lowest BCUT2D eigenvalue weighted by atomic mass is 10.1. The molecule has 1 heterocycles. The first-order valence-electron chi connectivity index (χ1n) is 7.96. The molecule has 0 aliphatic rings. The Morgan fingerprint density at radius 1 is 1.00 bits per heavy atom. The highest BCUT2D eigenvalue weighted by Gasteiger charge is 2.05. The molecule has 4 aromatic rings. The smallest absolute Gasteiger partial charge is 0.118 e. The van der Waals surface area contributed by atoms with Gasteiger partial charge in [-0.2, -0.15) is 0 Å². The van der Waals surface area contributed by atoms with Crippen LogP contribution in [0.25, 0.3) is 21.8 Å². The Morgan fingerprint density at radius 2 is 1.75 bits per heavy atom. The lowest BCUT2D eigenvalue weighted by Crippen LogP contribution is -1.91. The van der Waals surface area contributed by atoms with Crippen LogP contribution in [0.15, 0.2) is 65.6 Å². The molecule has 0 aliphatic heterocycles. The van der Waals surface area contributed by atoms with E-state index in [1.807, 2.05) is 23.9 Å². The Hall–Kier alpha value is -2.46. The molecule has 0 amide bonds. The predicted molar refractivity (Wildman–Crippen MR) is 101 cm³/mol. The summed E-state index contributed by atoms with van der Waals surface area (Å²) >= 11 is 1.83. The molecule has 0 bridgehead atoms. The summed E-state index contributed by atoms with van der Waals surface area (Å²) in [5, 5.41) is 2.48. The quantitative estimate of drug-likeness (QED) is 0.518. The first-order valence-corrected chi connectivity index (χ1v) is 8.94. The molecule has 1 N–H and O–H groups in total. The van der Waals surface area contributed by atoms with E-state index in [1.54, 1.807) is 7.11 Å². The van der Waals surface area contributed by atoms with Gasteiger partial charge in [-0.15, -0.1) is 11.8 Å². The molecule has 1 aromatic heterocycles. The van der Waals surface area contributed by atoms with Crippen molar-refractivity contribution in [3.05, 3.63) is 66.5 Å². The van der Waals surface area contributed by atoms with Crippen LogP contribution in [-0.4, -0.2) is 22.8 Å². The maximum atomic E-state index is 5.18. The topological polar surface area (TPSA) is 37.9 Å². The first-order chi connectivity index (χ1) is 11.8. The molecular weight excluding hydrogens is 316 g/mol. The second-order valence-electron chi connectivity index (χ2n) is 5.67. The molecule has 0 saturated heterocycles. The van der Waals surface area contributed by atoms with E-state index < -0.39 is 0 Å². The number of aromatic nitrogens is 2. The number of aryl methyl sites for hydroxylation is 1. The maximum Gasteiger partial charge on any atom is 0.118 e. The third-order valence-electron chi connectivity index (χ3n) is 4.07. The zero-order chi connectivity index (χ0) is 16.4. The van der Waals surface area contributed by atoms with Gasteiger partial charge in [0.05, 0.1) is 18.1 Å². The number of rotatable bonds is 5. The molecule has 0 aliphatic carbocycles. The van der Waals surface area contributed by atoms with E-state index in [0.717, 1.165) is 34.8 Å². The number of nitrogens with one attached hydrogen (secondary N) is 1. The normalized spacial score (nSPS) is 11.2. The van der Waals surface area contributed by atoms with Crippen molar-refractivity contribution in [3.8, 4) is 5.75 Å². The summed E-state index contributed by atoms with van der Waals surface area (Å²) in [4.78, 5) is 9.43. The Kier molecular flexibility index (Phi) is 4.13. The Labute approximate surface area is 145 Å². The van der Waals surface area contributed by atoms with Gasteiger partial charge in [0.15, 0.2) is 0 Å². The van der Waals surface area contributed by atoms with Gasteiger partial charge in [0.25, 0.3) is 0 Å². The molecule has 24 heavy (non-hydrogen) atoms. The van der Waals surface area contributed by atoms with Crippen molar-refractivity contribution in [2.24, 2.45) is 0 Å². The molecule has 3 nitrogen and oxygen atoms in total. The number of aromatic amines is 1. The van der Waals surface area contributed by atoms with Crippen LogP contribution in [0.2, 0.25) is 0 Å². The van der Waals surface area contributed by atoms with Crippen LogP contribution in [-0.2, 0) is 6.42 Å². The SMILES string of the molecule is COc1ccc(SCCc2nc3cc4ccccc4cc3[nH]2)cc1. The lowest BCUT2D eigenvalue weighted by molar-refractivity contribution is 0.414. The molecule has 120 valence electrons. The second-order valence-corrected chi connectivity index (χ2v) is 6.84. The highest BCUT2D eigenvalue weighted by molar-refractivity contribution is 7.99. The summed E-state index contributed by atoms with van der Waals surface area (Å²) in [6.07, 6.45) is 0.918. The minimum atomic E-state index is 0.892. The third-order valence-corrected chi connectivity index (χ3v) is 5.08. The van der Waals surface area contributed by atoms with Crippen LogP contribution < -0.4 is 4.74 Å². The molecule has 0 spiro atoms. The number of methoxy groups -OCH3 is 1. The Balaban J connectivity index is 1.46. The van der Waals surface area contributed by atoms with Gasteiger partial charge in [-0.1, -0.05) is 24.3 Å². The van der Waals surface area contributed by atoms with Crippen molar-refractivity contribution in [3.63, 3.8) is 0 Å². The van der Waals surface area contributed by atoms with E-state index in [-0.39, 0.29) is 0 Å². The molecular formula is C20H18N2OS. The number of nitrogens with zero attached hydrogens (tertiary/aromatic N) is 1. The van der Waals surface area contributed by atoms with Crippen molar-refractivity contribution < 1.29 is 4.74 Å². The zero-order valence-corrected chi connectivity index (χ0v) is 14.3. The summed E-state index contributed by atoms with van der Waals surface area (Å²) in [5.41, 5.74) is 2.15. The highest BCUT2D eigenvalue weighted by Crippen LogP contribution is 2.24. The standard InChI is InChI=1S/C20H18N2OS/c1-23-16-6-8-17(9-7-16)24-11-10-20-21-18-12-14-4-2-3-5-15(14)13-19(18)22-20/h2-9,12-13H,10-11H2,1H3,(H,21,22). The fourth-order valence-electron chi connectivity index (χ4n) is 2.81.